The first kappa shape index (κ1) is 29.2. The van der Waals surface area contributed by atoms with Gasteiger partial charge in [-0.15, -0.1) is 6.42 Å². The molecule has 0 saturated carbocycles. The summed E-state index contributed by atoms with van der Waals surface area (Å²) >= 11 is 1.58. The molecule has 0 radical (unpaired) electrons. The Morgan fingerprint density at radius 2 is 2.02 bits per heavy atom. The SMILES string of the molecule is C#Cc1c(F)ccc2cc(O)cc(-c3cc4c5c(nc(OC(C)CN(C)SC)nc5c3F)N(C3CCN(C)C3)CCO4)c12. The van der Waals surface area contributed by atoms with Crippen LogP contribution in [-0.2, 0) is 0 Å². The fraction of sp³-hybridized carbons (Fsp3) is 0.375. The minimum absolute atomic E-state index is 0.0190. The number of phenols is 1. The number of likely N-dealkylation sites (tertiary alicyclic amines) is 1. The molecule has 0 aliphatic carbocycles. The molecule has 2 aliphatic rings. The van der Waals surface area contributed by atoms with E-state index >= 15 is 4.39 Å². The number of hydrogen-bond acceptors (Lipinski definition) is 9. The third-order valence-electron chi connectivity index (χ3n) is 8.12. The summed E-state index contributed by atoms with van der Waals surface area (Å²) in [6.45, 7) is 5.17. The Morgan fingerprint density at radius 1 is 1.21 bits per heavy atom. The van der Waals surface area contributed by atoms with Crippen molar-refractivity contribution in [2.45, 2.75) is 25.5 Å². The Bertz CT molecular complexity index is 1760. The van der Waals surface area contributed by atoms with Crippen molar-refractivity contribution in [1.82, 2.24) is 19.2 Å². The summed E-state index contributed by atoms with van der Waals surface area (Å²) in [5, 5.41) is 11.8. The monoisotopic (exact) mass is 605 g/mol. The Morgan fingerprint density at radius 3 is 2.74 bits per heavy atom. The van der Waals surface area contributed by atoms with Crippen molar-refractivity contribution < 1.29 is 23.4 Å². The van der Waals surface area contributed by atoms with Crippen LogP contribution < -0.4 is 14.4 Å². The number of likely N-dealkylation sites (N-methyl/N-ethyl adjacent to an activating group) is 2. The molecule has 8 nitrogen and oxygen atoms in total. The van der Waals surface area contributed by atoms with E-state index in [9.17, 15) is 9.50 Å². The zero-order valence-electron chi connectivity index (χ0n) is 24.5. The van der Waals surface area contributed by atoms with E-state index < -0.39 is 11.6 Å². The molecule has 0 spiro atoms. The highest BCUT2D eigenvalue weighted by atomic mass is 32.2. The summed E-state index contributed by atoms with van der Waals surface area (Å²) in [6, 6.07) is 7.39. The van der Waals surface area contributed by atoms with Crippen LogP contribution in [0.2, 0.25) is 0 Å². The van der Waals surface area contributed by atoms with Gasteiger partial charge in [-0.1, -0.05) is 23.9 Å². The van der Waals surface area contributed by atoms with Gasteiger partial charge in [0.2, 0.25) is 0 Å². The lowest BCUT2D eigenvalue weighted by Gasteiger charge is -2.29. The van der Waals surface area contributed by atoms with E-state index in [4.69, 9.17) is 20.9 Å². The number of benzene rings is 3. The smallest absolute Gasteiger partial charge is 0.319 e. The fourth-order valence-electron chi connectivity index (χ4n) is 6.09. The lowest BCUT2D eigenvalue weighted by molar-refractivity contribution is 0.185. The van der Waals surface area contributed by atoms with Crippen LogP contribution in [0.15, 0.2) is 30.3 Å². The first-order valence-electron chi connectivity index (χ1n) is 14.1. The second kappa shape index (κ2) is 11.7. The number of nitrogens with zero attached hydrogens (tertiary/aromatic N) is 5. The molecule has 1 N–H and O–H groups in total. The van der Waals surface area contributed by atoms with Crippen LogP contribution in [0.5, 0.6) is 17.5 Å². The molecular formula is C32H33F2N5O3S. The fourth-order valence-corrected chi connectivity index (χ4v) is 6.45. The van der Waals surface area contributed by atoms with Gasteiger partial charge in [0.1, 0.15) is 41.4 Å². The van der Waals surface area contributed by atoms with Crippen LogP contribution in [-0.4, -0.2) is 89.6 Å². The molecular weight excluding hydrogens is 572 g/mol. The average Bonchev–Trinajstić information content (AvgIpc) is 3.32. The molecule has 4 aromatic rings. The zero-order valence-corrected chi connectivity index (χ0v) is 25.3. The van der Waals surface area contributed by atoms with Crippen molar-refractivity contribution >= 4 is 39.4 Å². The van der Waals surface area contributed by atoms with E-state index in [1.54, 1.807) is 18.0 Å². The summed E-state index contributed by atoms with van der Waals surface area (Å²) in [7, 11) is 4.04. The van der Waals surface area contributed by atoms with E-state index in [0.717, 1.165) is 19.5 Å². The first-order chi connectivity index (χ1) is 20.7. The quantitative estimate of drug-likeness (QED) is 0.223. The maximum Gasteiger partial charge on any atom is 0.319 e. The van der Waals surface area contributed by atoms with Gasteiger partial charge in [-0.3, -0.25) is 4.31 Å². The molecule has 224 valence electrons. The highest BCUT2D eigenvalue weighted by Crippen LogP contribution is 2.45. The third kappa shape index (κ3) is 5.39. The van der Waals surface area contributed by atoms with Gasteiger partial charge in [-0.25, -0.2) is 8.78 Å². The van der Waals surface area contributed by atoms with Crippen molar-refractivity contribution in [1.29, 1.82) is 0 Å². The number of phenolic OH excluding ortho intramolecular Hbond substituents is 1. The molecule has 3 aromatic carbocycles. The lowest BCUT2D eigenvalue weighted by atomic mass is 9.92. The third-order valence-corrected chi connectivity index (χ3v) is 8.90. The van der Waals surface area contributed by atoms with Crippen molar-refractivity contribution in [3.63, 3.8) is 0 Å². The lowest BCUT2D eigenvalue weighted by Crippen LogP contribution is -2.40. The average molecular weight is 606 g/mol. The normalized spacial score (nSPS) is 17.7. The van der Waals surface area contributed by atoms with Crippen molar-refractivity contribution in [2.75, 3.05) is 58.0 Å². The van der Waals surface area contributed by atoms with Gasteiger partial charge in [-0.2, -0.15) is 9.97 Å². The molecule has 0 amide bonds. The number of hydrogen-bond donors (Lipinski definition) is 1. The molecule has 2 atom stereocenters. The minimum atomic E-state index is -0.672. The van der Waals surface area contributed by atoms with Crippen LogP contribution >= 0.6 is 11.9 Å². The van der Waals surface area contributed by atoms with E-state index in [2.05, 4.69) is 27.8 Å². The topological polar surface area (TPSA) is 74.2 Å². The van der Waals surface area contributed by atoms with Crippen molar-refractivity contribution in [3.8, 4) is 41.0 Å². The van der Waals surface area contributed by atoms with Gasteiger partial charge in [0, 0.05) is 30.1 Å². The van der Waals surface area contributed by atoms with E-state index in [-0.39, 0.29) is 46.1 Å². The standard InChI is InChI=1S/C32H33F2N5O3S/c1-6-22-25(33)8-7-19-13-21(40)14-23(27(19)22)24-15-26-28-30(29(24)34)35-32(42-18(2)16-38(4)43-5)36-31(28)39(11-12-41-26)20-9-10-37(3)17-20/h1,7-8,13-15,18,20,40H,9-12,16-17H2,2-5H3. The second-order valence-electron chi connectivity index (χ2n) is 11.1. The van der Waals surface area contributed by atoms with Gasteiger partial charge in [0.05, 0.1) is 17.5 Å². The molecule has 1 saturated heterocycles. The molecule has 0 bridgehead atoms. The maximum atomic E-state index is 16.9. The molecule has 2 aliphatic heterocycles. The molecule has 11 heteroatoms. The molecule has 1 fully saturated rings. The van der Waals surface area contributed by atoms with Gasteiger partial charge < -0.3 is 24.4 Å². The molecule has 1 aromatic heterocycles. The Hall–Kier alpha value is -3.85. The summed E-state index contributed by atoms with van der Waals surface area (Å²) in [5.41, 5.74) is 0.309. The highest BCUT2D eigenvalue weighted by molar-refractivity contribution is 7.96. The Kier molecular flexibility index (Phi) is 7.94. The van der Waals surface area contributed by atoms with Crippen molar-refractivity contribution in [3.05, 3.63) is 47.5 Å². The minimum Gasteiger partial charge on any atom is -0.508 e. The molecule has 3 heterocycles. The van der Waals surface area contributed by atoms with Gasteiger partial charge >= 0.3 is 6.01 Å². The van der Waals surface area contributed by atoms with Crippen LogP contribution in [0, 0.1) is 24.0 Å². The summed E-state index contributed by atoms with van der Waals surface area (Å²) < 4.78 is 46.2. The predicted octanol–water partition coefficient (Wildman–Crippen LogP) is 5.30. The highest BCUT2D eigenvalue weighted by Gasteiger charge is 2.33. The first-order valence-corrected chi connectivity index (χ1v) is 15.3. The van der Waals surface area contributed by atoms with E-state index in [1.807, 2.05) is 24.5 Å². The molecule has 2 unspecified atom stereocenters. The molecule has 43 heavy (non-hydrogen) atoms. The van der Waals surface area contributed by atoms with E-state index in [0.29, 0.717) is 47.4 Å². The zero-order chi connectivity index (χ0) is 30.4. The van der Waals surface area contributed by atoms with Gasteiger partial charge in [0.25, 0.3) is 0 Å². The van der Waals surface area contributed by atoms with Crippen LogP contribution in [0.4, 0.5) is 14.6 Å². The number of terminal acetylenes is 1. The second-order valence-corrected chi connectivity index (χ2v) is 12.1. The van der Waals surface area contributed by atoms with Crippen molar-refractivity contribution in [2.24, 2.45) is 0 Å². The summed E-state index contributed by atoms with van der Waals surface area (Å²) in [6.07, 6.45) is 8.33. The summed E-state index contributed by atoms with van der Waals surface area (Å²) in [4.78, 5) is 13.9. The van der Waals surface area contributed by atoms with Crippen LogP contribution in [0.25, 0.3) is 32.8 Å². The number of aromatic nitrogens is 2. The van der Waals surface area contributed by atoms with E-state index in [1.165, 1.54) is 24.3 Å². The number of ether oxygens (including phenoxy) is 2. The van der Waals surface area contributed by atoms with Crippen LogP contribution in [0.1, 0.15) is 18.9 Å². The maximum absolute atomic E-state index is 16.9. The Balaban J connectivity index is 1.60. The van der Waals surface area contributed by atoms with Gasteiger partial charge in [-0.05, 0) is 75.5 Å². The van der Waals surface area contributed by atoms with Gasteiger partial charge in [0.15, 0.2) is 5.82 Å². The Labute approximate surface area is 253 Å². The largest absolute Gasteiger partial charge is 0.508 e. The number of aromatic hydroxyl groups is 1. The summed E-state index contributed by atoms with van der Waals surface area (Å²) in [5.74, 6) is 1.96. The number of anilines is 1. The number of rotatable bonds is 7. The number of halogens is 2. The molecule has 6 rings (SSSR count). The van der Waals surface area contributed by atoms with Crippen LogP contribution in [0.3, 0.4) is 0 Å². The number of fused-ring (bicyclic) bond motifs is 1. The predicted molar refractivity (Wildman–Crippen MR) is 167 cm³/mol.